The molecule has 0 spiro atoms. The number of aromatic nitrogens is 4. The summed E-state index contributed by atoms with van der Waals surface area (Å²) < 4.78 is 1.89. The summed E-state index contributed by atoms with van der Waals surface area (Å²) in [5.41, 5.74) is 0. The monoisotopic (exact) mass is 332 g/mol. The number of rotatable bonds is 3. The number of likely N-dealkylation sites (tertiary alicyclic amines) is 1. The van der Waals surface area contributed by atoms with E-state index in [1.165, 1.54) is 0 Å². The lowest BCUT2D eigenvalue weighted by atomic mass is 9.92. The van der Waals surface area contributed by atoms with E-state index < -0.39 is 0 Å². The SMILES string of the molecule is CC(=O)N1CC[C@H]2[C@H](C[C@@H](Cn3cncn3)N2c2nccs2)C1. The zero-order chi connectivity index (χ0) is 15.8. The number of carbonyl (C=O) groups excluding carboxylic acids is 1. The van der Waals surface area contributed by atoms with Gasteiger partial charge in [0.15, 0.2) is 5.13 Å². The van der Waals surface area contributed by atoms with Gasteiger partial charge in [-0.05, 0) is 18.8 Å². The van der Waals surface area contributed by atoms with Gasteiger partial charge in [0.05, 0.1) is 12.6 Å². The molecule has 0 saturated carbocycles. The van der Waals surface area contributed by atoms with Gasteiger partial charge in [-0.2, -0.15) is 5.10 Å². The van der Waals surface area contributed by atoms with Crippen LogP contribution in [0.3, 0.4) is 0 Å². The number of nitrogens with zero attached hydrogens (tertiary/aromatic N) is 6. The molecule has 0 N–H and O–H groups in total. The van der Waals surface area contributed by atoms with Gasteiger partial charge in [-0.25, -0.2) is 9.97 Å². The smallest absolute Gasteiger partial charge is 0.219 e. The molecule has 7 nitrogen and oxygen atoms in total. The molecule has 4 heterocycles. The van der Waals surface area contributed by atoms with E-state index in [9.17, 15) is 4.79 Å². The fourth-order valence-corrected chi connectivity index (χ4v) is 4.76. The molecule has 122 valence electrons. The van der Waals surface area contributed by atoms with Crippen LogP contribution in [0.25, 0.3) is 0 Å². The first kappa shape index (κ1) is 14.6. The van der Waals surface area contributed by atoms with Crippen LogP contribution in [0.2, 0.25) is 0 Å². The lowest BCUT2D eigenvalue weighted by molar-refractivity contribution is -0.130. The third-order valence-corrected chi connectivity index (χ3v) is 5.75. The molecular formula is C15H20N6OS. The van der Waals surface area contributed by atoms with E-state index in [1.807, 2.05) is 21.2 Å². The second-order valence-electron chi connectivity index (χ2n) is 6.31. The van der Waals surface area contributed by atoms with Gasteiger partial charge in [0, 0.05) is 37.6 Å². The van der Waals surface area contributed by atoms with Crippen LogP contribution in [0, 0.1) is 5.92 Å². The summed E-state index contributed by atoms with van der Waals surface area (Å²) >= 11 is 1.69. The second kappa shape index (κ2) is 5.92. The minimum atomic E-state index is 0.184. The molecular weight excluding hydrogens is 312 g/mol. The average Bonchev–Trinajstić information content (AvgIpc) is 3.26. The first-order valence-corrected chi connectivity index (χ1v) is 8.86. The van der Waals surface area contributed by atoms with Gasteiger partial charge in [0.1, 0.15) is 12.7 Å². The van der Waals surface area contributed by atoms with Gasteiger partial charge >= 0.3 is 0 Å². The van der Waals surface area contributed by atoms with Crippen molar-refractivity contribution in [3.63, 3.8) is 0 Å². The molecule has 0 aliphatic carbocycles. The van der Waals surface area contributed by atoms with E-state index in [1.54, 1.807) is 30.9 Å². The second-order valence-corrected chi connectivity index (χ2v) is 7.18. The van der Waals surface area contributed by atoms with Gasteiger partial charge in [-0.3, -0.25) is 9.48 Å². The summed E-state index contributed by atoms with van der Waals surface area (Å²) in [5, 5.41) is 7.36. The highest BCUT2D eigenvalue weighted by Crippen LogP contribution is 2.40. The maximum Gasteiger partial charge on any atom is 0.219 e. The Kier molecular flexibility index (Phi) is 3.76. The molecule has 3 atom stereocenters. The van der Waals surface area contributed by atoms with Crippen LogP contribution < -0.4 is 4.90 Å². The Balaban J connectivity index is 1.59. The van der Waals surface area contributed by atoms with Crippen LogP contribution in [0.5, 0.6) is 0 Å². The van der Waals surface area contributed by atoms with Crippen molar-refractivity contribution in [2.45, 2.75) is 38.4 Å². The number of anilines is 1. The van der Waals surface area contributed by atoms with Crippen molar-refractivity contribution < 1.29 is 4.79 Å². The number of hydrogen-bond acceptors (Lipinski definition) is 6. The molecule has 0 unspecified atom stereocenters. The molecule has 8 heteroatoms. The van der Waals surface area contributed by atoms with E-state index in [-0.39, 0.29) is 5.91 Å². The Morgan fingerprint density at radius 3 is 3.09 bits per heavy atom. The van der Waals surface area contributed by atoms with Crippen LogP contribution in [0.4, 0.5) is 5.13 Å². The van der Waals surface area contributed by atoms with E-state index in [2.05, 4.69) is 20.0 Å². The fraction of sp³-hybridized carbons (Fsp3) is 0.600. The molecule has 2 fully saturated rings. The molecule has 4 rings (SSSR count). The number of thiazole rings is 1. The Morgan fingerprint density at radius 2 is 2.39 bits per heavy atom. The van der Waals surface area contributed by atoms with Crippen molar-refractivity contribution in [1.29, 1.82) is 0 Å². The van der Waals surface area contributed by atoms with Crippen molar-refractivity contribution in [3.05, 3.63) is 24.2 Å². The van der Waals surface area contributed by atoms with Crippen molar-refractivity contribution in [2.24, 2.45) is 5.92 Å². The van der Waals surface area contributed by atoms with Crippen LogP contribution in [0.1, 0.15) is 19.8 Å². The highest BCUT2D eigenvalue weighted by atomic mass is 32.1. The van der Waals surface area contributed by atoms with Crippen molar-refractivity contribution in [2.75, 3.05) is 18.0 Å². The zero-order valence-electron chi connectivity index (χ0n) is 13.1. The molecule has 0 bridgehead atoms. The van der Waals surface area contributed by atoms with Crippen molar-refractivity contribution >= 4 is 22.4 Å². The normalized spacial score (nSPS) is 27.3. The topological polar surface area (TPSA) is 67.2 Å². The lowest BCUT2D eigenvalue weighted by Gasteiger charge is -2.38. The van der Waals surface area contributed by atoms with E-state index in [0.29, 0.717) is 18.0 Å². The molecule has 2 aliphatic heterocycles. The highest BCUT2D eigenvalue weighted by molar-refractivity contribution is 7.13. The third kappa shape index (κ3) is 2.71. The van der Waals surface area contributed by atoms with E-state index >= 15 is 0 Å². The predicted octanol–water partition coefficient (Wildman–Crippen LogP) is 1.25. The number of hydrogen-bond donors (Lipinski definition) is 0. The number of amides is 1. The van der Waals surface area contributed by atoms with Gasteiger partial charge in [0.25, 0.3) is 0 Å². The first-order chi connectivity index (χ1) is 11.2. The van der Waals surface area contributed by atoms with Crippen LogP contribution >= 0.6 is 11.3 Å². The van der Waals surface area contributed by atoms with Crippen LogP contribution in [-0.2, 0) is 11.3 Å². The maximum absolute atomic E-state index is 11.7. The van der Waals surface area contributed by atoms with Crippen molar-refractivity contribution in [1.82, 2.24) is 24.6 Å². The maximum atomic E-state index is 11.7. The molecule has 2 aromatic rings. The van der Waals surface area contributed by atoms with Crippen LogP contribution in [-0.4, -0.2) is 55.7 Å². The summed E-state index contributed by atoms with van der Waals surface area (Å²) in [5.74, 6) is 0.689. The number of piperidine rings is 1. The van der Waals surface area contributed by atoms with Gasteiger partial charge < -0.3 is 9.80 Å². The minimum Gasteiger partial charge on any atom is -0.343 e. The van der Waals surface area contributed by atoms with Gasteiger partial charge in [0.2, 0.25) is 5.91 Å². The van der Waals surface area contributed by atoms with Crippen molar-refractivity contribution in [3.8, 4) is 0 Å². The largest absolute Gasteiger partial charge is 0.343 e. The summed E-state index contributed by atoms with van der Waals surface area (Å²) in [7, 11) is 0. The molecule has 0 radical (unpaired) electrons. The van der Waals surface area contributed by atoms with Gasteiger partial charge in [-0.1, -0.05) is 0 Å². The Bertz CT molecular complexity index is 658. The summed E-state index contributed by atoms with van der Waals surface area (Å²) in [6, 6.07) is 0.815. The number of carbonyl (C=O) groups is 1. The molecule has 2 aromatic heterocycles. The molecule has 0 aromatic carbocycles. The Morgan fingerprint density at radius 1 is 1.48 bits per heavy atom. The molecule has 2 aliphatic rings. The Labute approximate surface area is 138 Å². The molecule has 1 amide bonds. The highest BCUT2D eigenvalue weighted by Gasteiger charge is 2.45. The van der Waals surface area contributed by atoms with E-state index in [4.69, 9.17) is 0 Å². The zero-order valence-corrected chi connectivity index (χ0v) is 13.9. The number of fused-ring (bicyclic) bond motifs is 1. The molecule has 2 saturated heterocycles. The third-order valence-electron chi connectivity index (χ3n) is 4.97. The molecule has 23 heavy (non-hydrogen) atoms. The van der Waals surface area contributed by atoms with Gasteiger partial charge in [-0.15, -0.1) is 11.3 Å². The van der Waals surface area contributed by atoms with Crippen LogP contribution in [0.15, 0.2) is 24.2 Å². The summed E-state index contributed by atoms with van der Waals surface area (Å²) in [6.07, 6.45) is 7.28. The van der Waals surface area contributed by atoms with E-state index in [0.717, 1.165) is 37.6 Å². The lowest BCUT2D eigenvalue weighted by Crippen LogP contribution is -2.48. The fourth-order valence-electron chi connectivity index (χ4n) is 3.98. The Hall–Kier alpha value is -1.96. The quantitative estimate of drug-likeness (QED) is 0.846. The minimum absolute atomic E-state index is 0.184. The summed E-state index contributed by atoms with van der Waals surface area (Å²) in [4.78, 5) is 24.8. The average molecular weight is 332 g/mol. The predicted molar refractivity (Wildman–Crippen MR) is 87.2 cm³/mol. The first-order valence-electron chi connectivity index (χ1n) is 7.98. The summed E-state index contributed by atoms with van der Waals surface area (Å²) in [6.45, 7) is 4.18. The standard InChI is InChI=1S/C15H20N6OS/c1-11(22)19-4-2-14-12(7-19)6-13(8-20-10-16-9-18-20)21(14)15-17-3-5-23-15/h3,5,9-10,12-14H,2,4,6-8H2,1H3/t12-,13+,14+/m1/s1.